The Morgan fingerprint density at radius 3 is 2.40 bits per heavy atom. The van der Waals surface area contributed by atoms with Gasteiger partial charge < -0.3 is 5.32 Å². The van der Waals surface area contributed by atoms with Gasteiger partial charge in [0.2, 0.25) is 0 Å². The zero-order valence-electron chi connectivity index (χ0n) is 11.1. The Morgan fingerprint density at radius 2 is 2.00 bits per heavy atom. The molecular formula is C13H28N2. The second-order valence-electron chi connectivity index (χ2n) is 4.88. The molecule has 2 nitrogen and oxygen atoms in total. The van der Waals surface area contributed by atoms with E-state index in [2.05, 4.69) is 51.5 Å². The minimum atomic E-state index is 0.572. The molecule has 0 aromatic carbocycles. The van der Waals surface area contributed by atoms with Crippen molar-refractivity contribution < 1.29 is 0 Å². The average molecular weight is 212 g/mol. The summed E-state index contributed by atoms with van der Waals surface area (Å²) in [7, 11) is 2.19. The highest BCUT2D eigenvalue weighted by atomic mass is 15.1. The van der Waals surface area contributed by atoms with Crippen molar-refractivity contribution in [2.45, 2.75) is 52.6 Å². The third-order valence-corrected chi connectivity index (χ3v) is 2.53. The van der Waals surface area contributed by atoms with Crippen LogP contribution in [-0.2, 0) is 0 Å². The lowest BCUT2D eigenvalue weighted by atomic mass is 10.1. The van der Waals surface area contributed by atoms with Crippen LogP contribution in [0.2, 0.25) is 0 Å². The van der Waals surface area contributed by atoms with Gasteiger partial charge in [0.25, 0.3) is 0 Å². The molecule has 0 amide bonds. The average Bonchev–Trinajstić information content (AvgIpc) is 2.10. The molecule has 0 heterocycles. The number of hydrogen-bond acceptors (Lipinski definition) is 2. The van der Waals surface area contributed by atoms with E-state index < -0.39 is 0 Å². The maximum atomic E-state index is 3.97. The number of rotatable bonds is 8. The van der Waals surface area contributed by atoms with Crippen molar-refractivity contribution in [1.29, 1.82) is 0 Å². The smallest absolute Gasteiger partial charge is 0.0220 e. The zero-order valence-corrected chi connectivity index (χ0v) is 11.1. The molecule has 1 N–H and O–H groups in total. The monoisotopic (exact) mass is 212 g/mol. The van der Waals surface area contributed by atoms with Crippen LogP contribution in [0.4, 0.5) is 0 Å². The van der Waals surface area contributed by atoms with Gasteiger partial charge in [0, 0.05) is 25.2 Å². The summed E-state index contributed by atoms with van der Waals surface area (Å²) in [5.41, 5.74) is 1.24. The van der Waals surface area contributed by atoms with Crippen LogP contribution in [0.25, 0.3) is 0 Å². The van der Waals surface area contributed by atoms with Crippen molar-refractivity contribution in [2.75, 3.05) is 20.1 Å². The lowest BCUT2D eigenvalue weighted by Crippen LogP contribution is -2.42. The molecule has 0 spiro atoms. The molecule has 15 heavy (non-hydrogen) atoms. The fourth-order valence-electron chi connectivity index (χ4n) is 1.74. The molecule has 1 unspecified atom stereocenters. The molecule has 90 valence electrons. The molecule has 0 aliphatic heterocycles. The lowest BCUT2D eigenvalue weighted by Gasteiger charge is -2.29. The van der Waals surface area contributed by atoms with Gasteiger partial charge in [-0.2, -0.15) is 0 Å². The normalized spacial score (nSPS) is 13.5. The molecule has 0 bridgehead atoms. The van der Waals surface area contributed by atoms with Crippen molar-refractivity contribution in [3.05, 3.63) is 12.2 Å². The first kappa shape index (κ1) is 14.7. The predicted molar refractivity (Wildman–Crippen MR) is 69.3 cm³/mol. The van der Waals surface area contributed by atoms with E-state index >= 15 is 0 Å². The first-order valence-electron chi connectivity index (χ1n) is 6.05. The summed E-state index contributed by atoms with van der Waals surface area (Å²) in [6.07, 6.45) is 2.49. The van der Waals surface area contributed by atoms with E-state index in [4.69, 9.17) is 0 Å². The molecule has 0 aliphatic rings. The van der Waals surface area contributed by atoms with Crippen LogP contribution in [0, 0.1) is 0 Å². The van der Waals surface area contributed by atoms with Crippen LogP contribution in [0.1, 0.15) is 40.5 Å². The topological polar surface area (TPSA) is 15.3 Å². The molecular weight excluding hydrogens is 184 g/mol. The molecule has 0 aliphatic carbocycles. The van der Waals surface area contributed by atoms with E-state index in [0.717, 1.165) is 13.1 Å². The number of likely N-dealkylation sites (N-methyl/N-ethyl adjacent to an activating group) is 1. The van der Waals surface area contributed by atoms with E-state index in [-0.39, 0.29) is 0 Å². The lowest BCUT2D eigenvalue weighted by molar-refractivity contribution is 0.235. The van der Waals surface area contributed by atoms with Gasteiger partial charge in [0.05, 0.1) is 0 Å². The second-order valence-corrected chi connectivity index (χ2v) is 4.88. The van der Waals surface area contributed by atoms with Gasteiger partial charge in [-0.05, 0) is 20.4 Å². The summed E-state index contributed by atoms with van der Waals surface area (Å²) in [5.74, 6) is 0. The second kappa shape index (κ2) is 7.89. The maximum Gasteiger partial charge on any atom is 0.0220 e. The van der Waals surface area contributed by atoms with Gasteiger partial charge in [-0.1, -0.05) is 39.3 Å². The summed E-state index contributed by atoms with van der Waals surface area (Å²) in [6.45, 7) is 14.8. The standard InChI is InChI=1S/C13H28N2/c1-7-8-13(9-14-12(4)5)15(6)10-11(2)3/h12-14H,2,7-10H2,1,3-6H3. The summed E-state index contributed by atoms with van der Waals surface area (Å²) in [5, 5.41) is 3.51. The highest BCUT2D eigenvalue weighted by molar-refractivity contribution is 4.92. The van der Waals surface area contributed by atoms with E-state index in [1.165, 1.54) is 18.4 Å². The fourth-order valence-corrected chi connectivity index (χ4v) is 1.74. The molecule has 0 aromatic heterocycles. The Balaban J connectivity index is 4.05. The highest BCUT2D eigenvalue weighted by Gasteiger charge is 2.13. The highest BCUT2D eigenvalue weighted by Crippen LogP contribution is 2.06. The van der Waals surface area contributed by atoms with Crippen LogP contribution in [0.15, 0.2) is 12.2 Å². The first-order valence-corrected chi connectivity index (χ1v) is 6.05. The third-order valence-electron chi connectivity index (χ3n) is 2.53. The quantitative estimate of drug-likeness (QED) is 0.622. The zero-order chi connectivity index (χ0) is 11.8. The van der Waals surface area contributed by atoms with E-state index in [0.29, 0.717) is 12.1 Å². The molecule has 0 aromatic rings. The van der Waals surface area contributed by atoms with Crippen LogP contribution in [0.3, 0.4) is 0 Å². The first-order chi connectivity index (χ1) is 6.97. The van der Waals surface area contributed by atoms with Gasteiger partial charge in [-0.15, -0.1) is 0 Å². The minimum absolute atomic E-state index is 0.572. The van der Waals surface area contributed by atoms with Crippen molar-refractivity contribution in [2.24, 2.45) is 0 Å². The molecule has 0 saturated carbocycles. The summed E-state index contributed by atoms with van der Waals surface area (Å²) in [4.78, 5) is 2.40. The van der Waals surface area contributed by atoms with Gasteiger partial charge in [-0.25, -0.2) is 0 Å². The third kappa shape index (κ3) is 7.57. The van der Waals surface area contributed by atoms with E-state index in [1.807, 2.05) is 0 Å². The molecule has 0 radical (unpaired) electrons. The Morgan fingerprint density at radius 1 is 1.40 bits per heavy atom. The van der Waals surface area contributed by atoms with Gasteiger partial charge in [0.1, 0.15) is 0 Å². The van der Waals surface area contributed by atoms with Crippen molar-refractivity contribution >= 4 is 0 Å². The molecule has 0 rings (SSSR count). The molecule has 1 atom stereocenters. The number of nitrogens with one attached hydrogen (secondary N) is 1. The van der Waals surface area contributed by atoms with Crippen molar-refractivity contribution in [3.8, 4) is 0 Å². The summed E-state index contributed by atoms with van der Waals surface area (Å²) in [6, 6.07) is 1.21. The van der Waals surface area contributed by atoms with Crippen LogP contribution >= 0.6 is 0 Å². The number of hydrogen-bond donors (Lipinski definition) is 1. The minimum Gasteiger partial charge on any atom is -0.313 e. The summed E-state index contributed by atoms with van der Waals surface area (Å²) < 4.78 is 0. The Bertz CT molecular complexity index is 175. The Labute approximate surface area is 95.7 Å². The van der Waals surface area contributed by atoms with Crippen LogP contribution in [-0.4, -0.2) is 37.1 Å². The van der Waals surface area contributed by atoms with Gasteiger partial charge in [0.15, 0.2) is 0 Å². The molecule has 2 heteroatoms. The molecule has 0 saturated heterocycles. The van der Waals surface area contributed by atoms with E-state index in [1.54, 1.807) is 0 Å². The maximum absolute atomic E-state index is 3.97. The van der Waals surface area contributed by atoms with Crippen molar-refractivity contribution in [1.82, 2.24) is 10.2 Å². The Kier molecular flexibility index (Phi) is 7.71. The van der Waals surface area contributed by atoms with E-state index in [9.17, 15) is 0 Å². The van der Waals surface area contributed by atoms with Gasteiger partial charge >= 0.3 is 0 Å². The summed E-state index contributed by atoms with van der Waals surface area (Å²) >= 11 is 0. The number of nitrogens with zero attached hydrogens (tertiary/aromatic N) is 1. The SMILES string of the molecule is C=C(C)CN(C)C(CCC)CNC(C)C. The Hall–Kier alpha value is -0.340. The van der Waals surface area contributed by atoms with Crippen LogP contribution in [0.5, 0.6) is 0 Å². The van der Waals surface area contributed by atoms with Crippen LogP contribution < -0.4 is 5.32 Å². The van der Waals surface area contributed by atoms with Crippen molar-refractivity contribution in [3.63, 3.8) is 0 Å². The largest absolute Gasteiger partial charge is 0.313 e. The molecule has 0 fully saturated rings. The predicted octanol–water partition coefficient (Wildman–Crippen LogP) is 2.66. The fraction of sp³-hybridized carbons (Fsp3) is 0.846. The van der Waals surface area contributed by atoms with Gasteiger partial charge in [-0.3, -0.25) is 4.90 Å².